The molecule has 1 rings (SSSR count). The lowest BCUT2D eigenvalue weighted by Crippen LogP contribution is -2.07. The maximum atomic E-state index is 11.3. The van der Waals surface area contributed by atoms with Crippen LogP contribution in [0.3, 0.4) is 0 Å². The Morgan fingerprint density at radius 1 is 1.37 bits per heavy atom. The van der Waals surface area contributed by atoms with E-state index in [-0.39, 0.29) is 12.4 Å². The molecule has 0 aliphatic heterocycles. The molecule has 0 bridgehead atoms. The molecule has 1 aromatic rings. The summed E-state index contributed by atoms with van der Waals surface area (Å²) in [6.07, 6.45) is 0.614. The molecule has 0 heterocycles. The Kier molecular flexibility index (Phi) is 5.55. The zero-order valence-electron chi connectivity index (χ0n) is 10.9. The monoisotopic (exact) mass is 261 g/mol. The van der Waals surface area contributed by atoms with E-state index in [4.69, 9.17) is 10.00 Å². The first-order valence-electron chi connectivity index (χ1n) is 5.89. The maximum Gasteiger partial charge on any atom is 0.337 e. The zero-order chi connectivity index (χ0) is 14.3. The van der Waals surface area contributed by atoms with E-state index < -0.39 is 5.97 Å². The van der Waals surface area contributed by atoms with Gasteiger partial charge in [0.15, 0.2) is 0 Å². The first-order chi connectivity index (χ1) is 9.12. The number of nitrogens with zero attached hydrogens (tertiary/aromatic N) is 1. The molecule has 0 aliphatic carbocycles. The number of benzene rings is 1. The van der Waals surface area contributed by atoms with Crippen molar-refractivity contribution in [3.05, 3.63) is 34.9 Å². The second-order valence-corrected chi connectivity index (χ2v) is 3.78. The highest BCUT2D eigenvalue weighted by molar-refractivity contribution is 5.89. The molecular formula is C14H15NO4. The van der Waals surface area contributed by atoms with Crippen LogP contribution in [0.4, 0.5) is 0 Å². The summed E-state index contributed by atoms with van der Waals surface area (Å²) in [5, 5.41) is 9.05. The SMILES string of the molecule is CCOC(=O)CCc1ccc(C(=O)OC)cc1C#N. The summed E-state index contributed by atoms with van der Waals surface area (Å²) in [5.74, 6) is -0.795. The second-order valence-electron chi connectivity index (χ2n) is 3.78. The van der Waals surface area contributed by atoms with E-state index >= 15 is 0 Å². The molecule has 0 atom stereocenters. The van der Waals surface area contributed by atoms with Crippen LogP contribution in [0.25, 0.3) is 0 Å². The summed E-state index contributed by atoms with van der Waals surface area (Å²) in [7, 11) is 1.28. The fourth-order valence-corrected chi connectivity index (χ4v) is 1.61. The summed E-state index contributed by atoms with van der Waals surface area (Å²) >= 11 is 0. The number of carbonyl (C=O) groups excluding carboxylic acids is 2. The minimum atomic E-state index is -0.492. The quantitative estimate of drug-likeness (QED) is 0.756. The smallest absolute Gasteiger partial charge is 0.337 e. The fourth-order valence-electron chi connectivity index (χ4n) is 1.61. The summed E-state index contributed by atoms with van der Waals surface area (Å²) in [4.78, 5) is 22.6. The maximum absolute atomic E-state index is 11.3. The molecule has 0 saturated heterocycles. The van der Waals surface area contributed by atoms with Gasteiger partial charge in [0.25, 0.3) is 0 Å². The average molecular weight is 261 g/mol. The van der Waals surface area contributed by atoms with Crippen LogP contribution >= 0.6 is 0 Å². The molecule has 1 aromatic carbocycles. The fraction of sp³-hybridized carbons (Fsp3) is 0.357. The van der Waals surface area contributed by atoms with Crippen LogP contribution in [-0.4, -0.2) is 25.7 Å². The third-order valence-corrected chi connectivity index (χ3v) is 2.56. The molecule has 100 valence electrons. The molecule has 19 heavy (non-hydrogen) atoms. The van der Waals surface area contributed by atoms with Gasteiger partial charge in [0, 0.05) is 6.42 Å². The summed E-state index contributed by atoms with van der Waals surface area (Å²) in [5.41, 5.74) is 1.40. The van der Waals surface area contributed by atoms with E-state index in [1.54, 1.807) is 19.1 Å². The lowest BCUT2D eigenvalue weighted by Gasteiger charge is -2.06. The minimum absolute atomic E-state index is 0.208. The molecule has 5 nitrogen and oxygen atoms in total. The number of aryl methyl sites for hydroxylation is 1. The largest absolute Gasteiger partial charge is 0.466 e. The van der Waals surface area contributed by atoms with Crippen molar-refractivity contribution < 1.29 is 19.1 Å². The van der Waals surface area contributed by atoms with Crippen LogP contribution in [0.2, 0.25) is 0 Å². The Balaban J connectivity index is 2.83. The molecular weight excluding hydrogens is 246 g/mol. The van der Waals surface area contributed by atoms with Gasteiger partial charge >= 0.3 is 11.9 Å². The van der Waals surface area contributed by atoms with Gasteiger partial charge in [0.05, 0.1) is 30.9 Å². The Bertz CT molecular complexity index is 517. The third-order valence-electron chi connectivity index (χ3n) is 2.56. The molecule has 0 unspecified atom stereocenters. The minimum Gasteiger partial charge on any atom is -0.466 e. The van der Waals surface area contributed by atoms with Crippen molar-refractivity contribution in [3.8, 4) is 6.07 Å². The van der Waals surface area contributed by atoms with Crippen LogP contribution in [0, 0.1) is 11.3 Å². The van der Waals surface area contributed by atoms with Crippen LogP contribution in [0.15, 0.2) is 18.2 Å². The first-order valence-corrected chi connectivity index (χ1v) is 5.89. The number of hydrogen-bond donors (Lipinski definition) is 0. The zero-order valence-corrected chi connectivity index (χ0v) is 10.9. The van der Waals surface area contributed by atoms with Gasteiger partial charge in [-0.15, -0.1) is 0 Å². The number of ether oxygens (including phenoxy) is 2. The predicted octanol–water partition coefficient (Wildman–Crippen LogP) is 1.84. The predicted molar refractivity (Wildman–Crippen MR) is 67.5 cm³/mol. The summed E-state index contributed by atoms with van der Waals surface area (Å²) in [6, 6.07) is 6.71. The van der Waals surface area contributed by atoms with E-state index in [1.807, 2.05) is 6.07 Å². The number of methoxy groups -OCH3 is 1. The van der Waals surface area contributed by atoms with Gasteiger partial charge in [0.2, 0.25) is 0 Å². The van der Waals surface area contributed by atoms with Gasteiger partial charge in [-0.3, -0.25) is 4.79 Å². The van der Waals surface area contributed by atoms with Crippen LogP contribution < -0.4 is 0 Å². The van der Waals surface area contributed by atoms with E-state index in [2.05, 4.69) is 4.74 Å². The van der Waals surface area contributed by atoms with Crippen molar-refractivity contribution in [3.63, 3.8) is 0 Å². The number of carbonyl (C=O) groups is 2. The molecule has 5 heteroatoms. The Hall–Kier alpha value is -2.35. The van der Waals surface area contributed by atoms with Crippen molar-refractivity contribution in [2.45, 2.75) is 19.8 Å². The van der Waals surface area contributed by atoms with Crippen LogP contribution in [0.1, 0.15) is 34.8 Å². The molecule has 0 spiro atoms. The van der Waals surface area contributed by atoms with E-state index in [0.29, 0.717) is 29.7 Å². The van der Waals surface area contributed by atoms with E-state index in [0.717, 1.165) is 0 Å². The lowest BCUT2D eigenvalue weighted by molar-refractivity contribution is -0.143. The van der Waals surface area contributed by atoms with E-state index in [1.165, 1.54) is 13.2 Å². The Labute approximate surface area is 111 Å². The lowest BCUT2D eigenvalue weighted by atomic mass is 10.0. The molecule has 0 radical (unpaired) electrons. The molecule has 0 amide bonds. The first kappa shape index (κ1) is 14.7. The third kappa shape index (κ3) is 4.11. The topological polar surface area (TPSA) is 76.4 Å². The van der Waals surface area contributed by atoms with Crippen molar-refractivity contribution in [2.24, 2.45) is 0 Å². The second kappa shape index (κ2) is 7.17. The molecule has 0 N–H and O–H groups in total. The van der Waals surface area contributed by atoms with Crippen molar-refractivity contribution in [1.29, 1.82) is 5.26 Å². The van der Waals surface area contributed by atoms with Gasteiger partial charge < -0.3 is 9.47 Å². The van der Waals surface area contributed by atoms with Gasteiger partial charge in [-0.25, -0.2) is 4.79 Å². The number of esters is 2. The molecule has 0 aromatic heterocycles. The highest BCUT2D eigenvalue weighted by Crippen LogP contribution is 2.14. The molecule has 0 fully saturated rings. The van der Waals surface area contributed by atoms with Crippen molar-refractivity contribution in [2.75, 3.05) is 13.7 Å². The van der Waals surface area contributed by atoms with Crippen LogP contribution in [0.5, 0.6) is 0 Å². The number of rotatable bonds is 5. The number of hydrogen-bond acceptors (Lipinski definition) is 5. The standard InChI is InChI=1S/C14H15NO4/c1-3-19-13(16)7-6-10-4-5-11(14(17)18-2)8-12(10)9-15/h4-5,8H,3,6-7H2,1-2H3. The van der Waals surface area contributed by atoms with Crippen LogP contribution in [-0.2, 0) is 20.7 Å². The summed E-state index contributed by atoms with van der Waals surface area (Å²) < 4.78 is 9.40. The van der Waals surface area contributed by atoms with Crippen molar-refractivity contribution in [1.82, 2.24) is 0 Å². The van der Waals surface area contributed by atoms with Gasteiger partial charge in [-0.1, -0.05) is 6.07 Å². The van der Waals surface area contributed by atoms with Gasteiger partial charge in [0.1, 0.15) is 0 Å². The summed E-state index contributed by atoms with van der Waals surface area (Å²) in [6.45, 7) is 2.08. The van der Waals surface area contributed by atoms with Crippen molar-refractivity contribution >= 4 is 11.9 Å². The highest BCUT2D eigenvalue weighted by Gasteiger charge is 2.11. The normalized spacial score (nSPS) is 9.53. The number of nitriles is 1. The van der Waals surface area contributed by atoms with Gasteiger partial charge in [-0.05, 0) is 31.0 Å². The van der Waals surface area contributed by atoms with E-state index in [9.17, 15) is 9.59 Å². The molecule has 0 aliphatic rings. The highest BCUT2D eigenvalue weighted by atomic mass is 16.5. The molecule has 0 saturated carbocycles. The average Bonchev–Trinajstić information content (AvgIpc) is 2.44. The Morgan fingerprint density at radius 3 is 2.68 bits per heavy atom. The Morgan fingerprint density at radius 2 is 2.11 bits per heavy atom. The van der Waals surface area contributed by atoms with Gasteiger partial charge in [-0.2, -0.15) is 5.26 Å².